The van der Waals surface area contributed by atoms with Gasteiger partial charge in [0.1, 0.15) is 0 Å². The Bertz CT molecular complexity index is 670. The Balaban J connectivity index is -0.000000165. The van der Waals surface area contributed by atoms with Crippen LogP contribution in [-0.4, -0.2) is 0 Å². The summed E-state index contributed by atoms with van der Waals surface area (Å²) in [4.78, 5) is 0. The Kier molecular flexibility index (Phi) is 28.7. The van der Waals surface area contributed by atoms with Crippen LogP contribution in [0.3, 0.4) is 0 Å². The summed E-state index contributed by atoms with van der Waals surface area (Å²) in [7, 11) is 0. The summed E-state index contributed by atoms with van der Waals surface area (Å²) >= 11 is 0. The first-order chi connectivity index (χ1) is 12.3. The second kappa shape index (κ2) is 22.8. The van der Waals surface area contributed by atoms with Crippen LogP contribution in [0.1, 0.15) is 57.2 Å². The second-order valence-corrected chi connectivity index (χ2v) is 5.77. The second-order valence-electron chi connectivity index (χ2n) is 5.77. The fraction of sp³-hybridized carbons (Fsp3) is 0.333. The van der Waals surface area contributed by atoms with E-state index in [0.717, 1.165) is 0 Å². The van der Waals surface area contributed by atoms with Gasteiger partial charge in [-0.05, 0) is 60.1 Å². The van der Waals surface area contributed by atoms with Crippen molar-refractivity contribution in [3.8, 4) is 0 Å². The maximum atomic E-state index is 2.28. The Morgan fingerprint density at radius 1 is 0.552 bits per heavy atom. The van der Waals surface area contributed by atoms with Crippen LogP contribution < -0.4 is 0 Å². The number of fused-ring (bicyclic) bond motifs is 2. The molecule has 3 aromatic carbocycles. The molecule has 1 aliphatic rings. The number of rotatable bonds is 0. The van der Waals surface area contributed by atoms with E-state index in [9.17, 15) is 0 Å². The van der Waals surface area contributed by atoms with Gasteiger partial charge < -0.3 is 14.9 Å². The van der Waals surface area contributed by atoms with E-state index in [2.05, 4.69) is 73.7 Å². The SMILES string of the molecule is CC.CC.Cc1cccc2c1CCCC2.[CH3-].[CH3-].[Y].[Y].c1ccc2ccccc2c1. The average molecular weight is 542 g/mol. The maximum absolute atomic E-state index is 2.28. The molecule has 2 radical (unpaired) electrons. The van der Waals surface area contributed by atoms with Crippen LogP contribution in [0.2, 0.25) is 0 Å². The van der Waals surface area contributed by atoms with Crippen LogP contribution in [0.5, 0.6) is 0 Å². The van der Waals surface area contributed by atoms with Crippen molar-refractivity contribution in [2.24, 2.45) is 0 Å². The Morgan fingerprint density at radius 3 is 1.38 bits per heavy atom. The number of hydrogen-bond acceptors (Lipinski definition) is 0. The minimum Gasteiger partial charge on any atom is -0.358 e. The molecule has 1 aliphatic carbocycles. The molecule has 156 valence electrons. The largest absolute Gasteiger partial charge is 0.358 e. The zero-order valence-electron chi connectivity index (χ0n) is 19.8. The fourth-order valence-electron chi connectivity index (χ4n) is 3.11. The molecule has 0 heterocycles. The van der Waals surface area contributed by atoms with Crippen molar-refractivity contribution in [1.82, 2.24) is 0 Å². The normalized spacial score (nSPS) is 9.97. The van der Waals surface area contributed by atoms with Crippen LogP contribution in [0.4, 0.5) is 0 Å². The van der Waals surface area contributed by atoms with E-state index in [1.807, 2.05) is 27.7 Å². The molecule has 0 saturated heterocycles. The van der Waals surface area contributed by atoms with E-state index < -0.39 is 0 Å². The zero-order chi connectivity index (χ0) is 18.5. The van der Waals surface area contributed by atoms with Crippen LogP contribution in [0.15, 0.2) is 66.7 Å². The molecule has 0 amide bonds. The van der Waals surface area contributed by atoms with Gasteiger partial charge in [-0.1, -0.05) is 94.4 Å². The molecule has 0 aliphatic heterocycles. The molecule has 0 N–H and O–H groups in total. The maximum Gasteiger partial charge on any atom is 0 e. The number of benzene rings is 3. The van der Waals surface area contributed by atoms with Crippen LogP contribution >= 0.6 is 0 Å². The first-order valence-corrected chi connectivity index (χ1v) is 9.86. The van der Waals surface area contributed by atoms with Gasteiger partial charge in [-0.2, -0.15) is 0 Å². The first kappa shape index (κ1) is 36.5. The molecule has 0 fully saturated rings. The summed E-state index contributed by atoms with van der Waals surface area (Å²) in [6.45, 7) is 10.2. The van der Waals surface area contributed by atoms with Gasteiger partial charge >= 0.3 is 0 Å². The minimum absolute atomic E-state index is 0. The Morgan fingerprint density at radius 2 is 0.966 bits per heavy atom. The molecule has 4 rings (SSSR count). The van der Waals surface area contributed by atoms with Crippen molar-refractivity contribution >= 4 is 10.8 Å². The smallest absolute Gasteiger partial charge is 0 e. The van der Waals surface area contributed by atoms with E-state index in [4.69, 9.17) is 0 Å². The predicted molar refractivity (Wildman–Crippen MR) is 127 cm³/mol. The fourth-order valence-corrected chi connectivity index (χ4v) is 3.11. The summed E-state index contributed by atoms with van der Waals surface area (Å²) < 4.78 is 0. The molecule has 0 bridgehead atoms. The van der Waals surface area contributed by atoms with Gasteiger partial charge in [0.2, 0.25) is 0 Å². The van der Waals surface area contributed by atoms with Crippen LogP contribution in [-0.2, 0) is 78.3 Å². The minimum atomic E-state index is 0. The van der Waals surface area contributed by atoms with E-state index >= 15 is 0 Å². The standard InChI is InChI=1S/C11H14.C10H8.2C2H6.2CH3.2Y/c1-9-5-4-7-10-6-2-3-8-11(9)10;1-2-6-10-8-4-3-7-9(10)5-1;2*1-2;;;;/h4-5,7H,2-3,6,8H2,1H3;1-8H;2*1-2H3;2*1H3;;/q;;;;2*-1;;. The number of hydrogen-bond donors (Lipinski definition) is 0. The summed E-state index contributed by atoms with van der Waals surface area (Å²) in [6.07, 6.45) is 5.38. The molecular formula is C27H40Y2-2. The van der Waals surface area contributed by atoms with Crippen molar-refractivity contribution in [2.45, 2.75) is 60.3 Å². The third-order valence-corrected chi connectivity index (χ3v) is 4.29. The van der Waals surface area contributed by atoms with Crippen LogP contribution in [0, 0.1) is 21.8 Å². The zero-order valence-corrected chi connectivity index (χ0v) is 25.5. The Hall–Kier alpha value is 0.128. The van der Waals surface area contributed by atoms with Crippen molar-refractivity contribution < 1.29 is 65.4 Å². The first-order valence-electron chi connectivity index (χ1n) is 9.86. The monoisotopic (exact) mass is 542 g/mol. The summed E-state index contributed by atoms with van der Waals surface area (Å²) in [6, 6.07) is 23.4. The molecule has 29 heavy (non-hydrogen) atoms. The quantitative estimate of drug-likeness (QED) is 0.250. The molecular weight excluding hydrogens is 502 g/mol. The molecule has 0 saturated carbocycles. The number of aryl methyl sites for hydroxylation is 2. The van der Waals surface area contributed by atoms with Crippen LogP contribution in [0.25, 0.3) is 10.8 Å². The topological polar surface area (TPSA) is 0 Å². The molecule has 0 spiro atoms. The summed E-state index contributed by atoms with van der Waals surface area (Å²) in [5, 5.41) is 2.62. The predicted octanol–water partition coefficient (Wildman–Crippen LogP) is 8.66. The molecule has 3 aromatic rings. The van der Waals surface area contributed by atoms with Gasteiger partial charge in [0, 0.05) is 65.4 Å². The van der Waals surface area contributed by atoms with Crippen molar-refractivity contribution in [3.05, 3.63) is 98.3 Å². The summed E-state index contributed by atoms with van der Waals surface area (Å²) in [5.41, 5.74) is 4.71. The van der Waals surface area contributed by atoms with Gasteiger partial charge in [-0.15, -0.1) is 0 Å². The van der Waals surface area contributed by atoms with Gasteiger partial charge in [-0.3, -0.25) is 0 Å². The molecule has 0 atom stereocenters. The van der Waals surface area contributed by atoms with Gasteiger partial charge in [0.05, 0.1) is 0 Å². The van der Waals surface area contributed by atoms with Gasteiger partial charge in [0.15, 0.2) is 0 Å². The average Bonchev–Trinajstić information content (AvgIpc) is 2.72. The Labute approximate surface area is 232 Å². The summed E-state index contributed by atoms with van der Waals surface area (Å²) in [5.74, 6) is 0. The van der Waals surface area contributed by atoms with E-state index in [1.165, 1.54) is 42.0 Å². The molecule has 0 aromatic heterocycles. The molecule has 0 nitrogen and oxygen atoms in total. The van der Waals surface area contributed by atoms with Crippen molar-refractivity contribution in [3.63, 3.8) is 0 Å². The van der Waals surface area contributed by atoms with Crippen molar-refractivity contribution in [1.29, 1.82) is 0 Å². The van der Waals surface area contributed by atoms with Gasteiger partial charge in [-0.25, -0.2) is 0 Å². The van der Waals surface area contributed by atoms with Gasteiger partial charge in [0.25, 0.3) is 0 Å². The third-order valence-electron chi connectivity index (χ3n) is 4.29. The molecule has 0 unspecified atom stereocenters. The third kappa shape index (κ3) is 12.5. The van der Waals surface area contributed by atoms with E-state index in [0.29, 0.717) is 0 Å². The van der Waals surface area contributed by atoms with Crippen molar-refractivity contribution in [2.75, 3.05) is 0 Å². The van der Waals surface area contributed by atoms with E-state index in [-0.39, 0.29) is 80.3 Å². The van der Waals surface area contributed by atoms with E-state index in [1.54, 1.807) is 11.1 Å². The molecule has 2 heteroatoms.